The highest BCUT2D eigenvalue weighted by Crippen LogP contribution is 2.23. The average Bonchev–Trinajstić information content (AvgIpc) is 2.80. The summed E-state index contributed by atoms with van der Waals surface area (Å²) in [6.07, 6.45) is 1.59. The van der Waals surface area contributed by atoms with E-state index in [1.54, 1.807) is 36.5 Å². The number of carbonyl (C=O) groups excluding carboxylic acids is 1. The molecule has 0 saturated heterocycles. The van der Waals surface area contributed by atoms with Crippen LogP contribution in [0.1, 0.15) is 15.9 Å². The first-order valence-electron chi connectivity index (χ1n) is 5.72. The lowest BCUT2D eigenvalue weighted by Crippen LogP contribution is -1.99. The van der Waals surface area contributed by atoms with Gasteiger partial charge < -0.3 is 4.98 Å². The highest BCUT2D eigenvalue weighted by atomic mass is 35.5. The van der Waals surface area contributed by atoms with E-state index in [0.717, 1.165) is 0 Å². The predicted octanol–water partition coefficient (Wildman–Crippen LogP) is 4.19. The third-order valence-electron chi connectivity index (χ3n) is 2.98. The number of rotatable bonds is 2. The first kappa shape index (κ1) is 11.9. The van der Waals surface area contributed by atoms with E-state index < -0.39 is 0 Å². The summed E-state index contributed by atoms with van der Waals surface area (Å²) < 4.78 is 13.1. The van der Waals surface area contributed by atoms with Gasteiger partial charge >= 0.3 is 0 Å². The maximum absolute atomic E-state index is 13.1. The van der Waals surface area contributed by atoms with Crippen LogP contribution < -0.4 is 0 Å². The highest BCUT2D eigenvalue weighted by molar-refractivity contribution is 6.31. The number of benzene rings is 2. The summed E-state index contributed by atoms with van der Waals surface area (Å²) in [6, 6.07) is 11.1. The summed E-state index contributed by atoms with van der Waals surface area (Å²) in [7, 11) is 0. The molecule has 1 aromatic heterocycles. The van der Waals surface area contributed by atoms with E-state index in [0.29, 0.717) is 27.1 Å². The van der Waals surface area contributed by atoms with Crippen molar-refractivity contribution in [1.82, 2.24) is 4.98 Å². The second kappa shape index (κ2) is 4.52. The molecule has 1 N–H and O–H groups in total. The summed E-state index contributed by atoms with van der Waals surface area (Å²) in [4.78, 5) is 15.3. The third-order valence-corrected chi connectivity index (χ3v) is 3.21. The number of hydrogen-bond acceptors (Lipinski definition) is 1. The normalized spacial score (nSPS) is 10.8. The summed E-state index contributed by atoms with van der Waals surface area (Å²) in [5.41, 5.74) is 1.63. The van der Waals surface area contributed by atoms with Gasteiger partial charge in [0.2, 0.25) is 0 Å². The van der Waals surface area contributed by atoms with Crippen molar-refractivity contribution in [2.24, 2.45) is 0 Å². The van der Waals surface area contributed by atoms with Gasteiger partial charge in [-0.25, -0.2) is 4.39 Å². The fourth-order valence-electron chi connectivity index (χ4n) is 2.07. The van der Waals surface area contributed by atoms with Crippen LogP contribution in [0.4, 0.5) is 4.39 Å². The summed E-state index contributed by atoms with van der Waals surface area (Å²) in [6.45, 7) is 0. The minimum Gasteiger partial charge on any atom is -0.360 e. The van der Waals surface area contributed by atoms with Crippen molar-refractivity contribution in [3.8, 4) is 0 Å². The lowest BCUT2D eigenvalue weighted by Gasteiger charge is -2.00. The zero-order chi connectivity index (χ0) is 13.4. The van der Waals surface area contributed by atoms with Crippen molar-refractivity contribution in [3.63, 3.8) is 0 Å². The fourth-order valence-corrected chi connectivity index (χ4v) is 2.26. The van der Waals surface area contributed by atoms with Crippen LogP contribution in [0.5, 0.6) is 0 Å². The van der Waals surface area contributed by atoms with E-state index in [4.69, 9.17) is 11.6 Å². The Morgan fingerprint density at radius 1 is 1.16 bits per heavy atom. The Bertz CT molecular complexity index is 779. The Morgan fingerprint density at radius 2 is 2.00 bits per heavy atom. The molecule has 3 rings (SSSR count). The Kier molecular flexibility index (Phi) is 2.84. The van der Waals surface area contributed by atoms with Gasteiger partial charge in [0, 0.05) is 33.2 Å². The number of nitrogens with one attached hydrogen (secondary N) is 1. The molecular formula is C15H9ClFNO. The summed E-state index contributed by atoms with van der Waals surface area (Å²) in [5.74, 6) is -0.475. The molecule has 2 nitrogen and oxygen atoms in total. The van der Waals surface area contributed by atoms with E-state index >= 15 is 0 Å². The van der Waals surface area contributed by atoms with Gasteiger partial charge in [-0.15, -0.1) is 0 Å². The molecule has 0 aliphatic heterocycles. The van der Waals surface area contributed by atoms with Crippen LogP contribution in [0.2, 0.25) is 5.02 Å². The van der Waals surface area contributed by atoms with Gasteiger partial charge in [-0.1, -0.05) is 23.7 Å². The molecule has 19 heavy (non-hydrogen) atoms. The van der Waals surface area contributed by atoms with Crippen molar-refractivity contribution >= 4 is 28.3 Å². The van der Waals surface area contributed by atoms with E-state index in [2.05, 4.69) is 4.98 Å². The van der Waals surface area contributed by atoms with Gasteiger partial charge in [0.05, 0.1) is 0 Å². The van der Waals surface area contributed by atoms with Gasteiger partial charge in [0.1, 0.15) is 5.82 Å². The third kappa shape index (κ3) is 2.13. The molecule has 0 amide bonds. The second-order valence-electron chi connectivity index (χ2n) is 4.23. The number of carbonyl (C=O) groups is 1. The zero-order valence-corrected chi connectivity index (χ0v) is 10.5. The van der Waals surface area contributed by atoms with Crippen molar-refractivity contribution in [2.75, 3.05) is 0 Å². The van der Waals surface area contributed by atoms with Gasteiger partial charge in [0.25, 0.3) is 0 Å². The SMILES string of the molecule is O=C(c1cccc(Cl)c1)c1c[nH]c2cc(F)ccc12. The Morgan fingerprint density at radius 3 is 2.79 bits per heavy atom. The topological polar surface area (TPSA) is 32.9 Å². The Labute approximate surface area is 113 Å². The van der Waals surface area contributed by atoms with Crippen molar-refractivity contribution in [2.45, 2.75) is 0 Å². The molecule has 0 saturated carbocycles. The van der Waals surface area contributed by atoms with Crippen LogP contribution >= 0.6 is 11.6 Å². The number of halogens is 2. The van der Waals surface area contributed by atoms with Crippen LogP contribution in [0.3, 0.4) is 0 Å². The molecule has 0 atom stereocenters. The van der Waals surface area contributed by atoms with Crippen LogP contribution in [-0.4, -0.2) is 10.8 Å². The summed E-state index contributed by atoms with van der Waals surface area (Å²) >= 11 is 5.88. The molecule has 0 aliphatic rings. The molecule has 2 aromatic carbocycles. The second-order valence-corrected chi connectivity index (χ2v) is 4.67. The maximum Gasteiger partial charge on any atom is 0.195 e. The van der Waals surface area contributed by atoms with Crippen molar-refractivity contribution < 1.29 is 9.18 Å². The number of aromatic nitrogens is 1. The van der Waals surface area contributed by atoms with E-state index in [1.165, 1.54) is 12.1 Å². The first-order valence-corrected chi connectivity index (χ1v) is 6.10. The van der Waals surface area contributed by atoms with Gasteiger partial charge in [0.15, 0.2) is 5.78 Å². The zero-order valence-electron chi connectivity index (χ0n) is 9.78. The minimum absolute atomic E-state index is 0.139. The minimum atomic E-state index is -0.337. The van der Waals surface area contributed by atoms with Crippen molar-refractivity contribution in [1.29, 1.82) is 0 Å². The first-order chi connectivity index (χ1) is 9.15. The van der Waals surface area contributed by atoms with Gasteiger partial charge in [-0.05, 0) is 30.3 Å². The number of fused-ring (bicyclic) bond motifs is 1. The lowest BCUT2D eigenvalue weighted by molar-refractivity contribution is 0.104. The average molecular weight is 274 g/mol. The van der Waals surface area contributed by atoms with Crippen molar-refractivity contribution in [3.05, 3.63) is 70.6 Å². The van der Waals surface area contributed by atoms with Crippen LogP contribution in [0.15, 0.2) is 48.7 Å². The number of hydrogen-bond donors (Lipinski definition) is 1. The van der Waals surface area contributed by atoms with Crippen LogP contribution in [0, 0.1) is 5.82 Å². The molecule has 0 radical (unpaired) electrons. The van der Waals surface area contributed by atoms with Crippen LogP contribution in [-0.2, 0) is 0 Å². The smallest absolute Gasteiger partial charge is 0.195 e. The molecule has 4 heteroatoms. The van der Waals surface area contributed by atoms with E-state index in [1.807, 2.05) is 0 Å². The van der Waals surface area contributed by atoms with Gasteiger partial charge in [-0.2, -0.15) is 0 Å². The molecule has 0 aliphatic carbocycles. The number of ketones is 1. The molecule has 3 aromatic rings. The number of aromatic amines is 1. The largest absolute Gasteiger partial charge is 0.360 e. The monoisotopic (exact) mass is 273 g/mol. The summed E-state index contributed by atoms with van der Waals surface area (Å²) in [5, 5.41) is 1.21. The Balaban J connectivity index is 2.12. The molecular weight excluding hydrogens is 265 g/mol. The molecule has 0 spiro atoms. The highest BCUT2D eigenvalue weighted by Gasteiger charge is 2.14. The Hall–Kier alpha value is -2.13. The molecule has 1 heterocycles. The lowest BCUT2D eigenvalue weighted by atomic mass is 10.0. The fraction of sp³-hybridized carbons (Fsp3) is 0. The quantitative estimate of drug-likeness (QED) is 0.698. The van der Waals surface area contributed by atoms with E-state index in [-0.39, 0.29) is 11.6 Å². The standard InChI is InChI=1S/C15H9ClFNO/c16-10-3-1-2-9(6-10)15(19)13-8-18-14-7-11(17)4-5-12(13)14/h1-8,18H. The van der Waals surface area contributed by atoms with Gasteiger partial charge in [-0.3, -0.25) is 4.79 Å². The molecule has 0 bridgehead atoms. The molecule has 0 fully saturated rings. The van der Waals surface area contributed by atoms with Crippen LogP contribution in [0.25, 0.3) is 10.9 Å². The maximum atomic E-state index is 13.1. The van der Waals surface area contributed by atoms with E-state index in [9.17, 15) is 9.18 Å². The number of H-pyrrole nitrogens is 1. The molecule has 94 valence electrons. The molecule has 0 unspecified atom stereocenters. The predicted molar refractivity (Wildman–Crippen MR) is 73.1 cm³/mol.